The number of benzene rings is 4. The van der Waals surface area contributed by atoms with Gasteiger partial charge in [0.05, 0.1) is 0 Å². The number of aryl methyl sites for hydroxylation is 1. The van der Waals surface area contributed by atoms with Crippen molar-refractivity contribution in [1.29, 1.82) is 0 Å². The number of hydrogen-bond acceptors (Lipinski definition) is 5. The van der Waals surface area contributed by atoms with E-state index < -0.39 is 35.6 Å². The van der Waals surface area contributed by atoms with E-state index in [9.17, 15) is 19.5 Å². The third-order valence-corrected chi connectivity index (χ3v) is 8.42. The predicted octanol–water partition coefficient (Wildman–Crippen LogP) is 8.86. The largest absolute Gasteiger partial charge is 0.508 e. The number of unbranched alkanes of at least 4 members (excludes halogenated alkanes) is 5. The van der Waals surface area contributed by atoms with Crippen LogP contribution in [0.15, 0.2) is 91.0 Å². The molecule has 49 heavy (non-hydrogen) atoms. The minimum Gasteiger partial charge on any atom is -0.508 e. The number of phenols is 1. The van der Waals surface area contributed by atoms with Gasteiger partial charge < -0.3 is 25.4 Å². The Hall–Kier alpha value is -4.85. The van der Waals surface area contributed by atoms with E-state index in [2.05, 4.69) is 17.6 Å². The molecule has 2 atom stereocenters. The summed E-state index contributed by atoms with van der Waals surface area (Å²) in [4.78, 5) is 44.0. The van der Waals surface area contributed by atoms with Crippen LogP contribution in [0.3, 0.4) is 0 Å². The number of nitrogens with zero attached hydrogens (tertiary/aromatic N) is 1. The zero-order chi connectivity index (χ0) is 35.4. The second kappa shape index (κ2) is 17.5. The van der Waals surface area contributed by atoms with Crippen molar-refractivity contribution < 1.29 is 24.2 Å². The molecule has 4 rings (SSSR count). The van der Waals surface area contributed by atoms with E-state index in [1.54, 1.807) is 50.8 Å². The topological polar surface area (TPSA) is 108 Å². The summed E-state index contributed by atoms with van der Waals surface area (Å²) >= 11 is 0. The van der Waals surface area contributed by atoms with Gasteiger partial charge in [0, 0.05) is 18.7 Å². The number of rotatable bonds is 15. The molecular formula is C41H51N3O5. The Morgan fingerprint density at radius 1 is 0.816 bits per heavy atom. The van der Waals surface area contributed by atoms with Crippen LogP contribution in [0.4, 0.5) is 10.5 Å². The molecule has 0 aliphatic carbocycles. The lowest BCUT2D eigenvalue weighted by molar-refractivity contribution is -0.140. The van der Waals surface area contributed by atoms with E-state index in [0.717, 1.165) is 48.4 Å². The third kappa shape index (κ3) is 11.1. The highest BCUT2D eigenvalue weighted by Gasteiger charge is 2.36. The second-order valence-electron chi connectivity index (χ2n) is 13.7. The first-order chi connectivity index (χ1) is 23.4. The molecule has 0 heterocycles. The van der Waals surface area contributed by atoms with Crippen LogP contribution in [0, 0.1) is 6.92 Å². The fourth-order valence-corrected chi connectivity index (χ4v) is 5.93. The normalized spacial score (nSPS) is 12.6. The summed E-state index contributed by atoms with van der Waals surface area (Å²) in [6.07, 6.45) is 5.45. The fraction of sp³-hybridized carbons (Fsp3) is 0.390. The summed E-state index contributed by atoms with van der Waals surface area (Å²) in [7, 11) is 0. The Morgan fingerprint density at radius 3 is 2.18 bits per heavy atom. The van der Waals surface area contributed by atoms with Crippen LogP contribution in [0.1, 0.15) is 89.0 Å². The molecule has 0 saturated carbocycles. The maximum Gasteiger partial charge on any atom is 0.408 e. The molecular weight excluding hydrogens is 614 g/mol. The van der Waals surface area contributed by atoms with Crippen LogP contribution < -0.4 is 10.6 Å². The maximum absolute atomic E-state index is 14.8. The van der Waals surface area contributed by atoms with Gasteiger partial charge in [0.15, 0.2) is 0 Å². The van der Waals surface area contributed by atoms with Crippen LogP contribution in [0.2, 0.25) is 0 Å². The summed E-state index contributed by atoms with van der Waals surface area (Å²) in [5, 5.41) is 18.3. The monoisotopic (exact) mass is 665 g/mol. The molecule has 4 aromatic rings. The Bertz CT molecular complexity index is 1700. The Kier molecular flexibility index (Phi) is 13.2. The van der Waals surface area contributed by atoms with Gasteiger partial charge in [-0.05, 0) is 85.8 Å². The average molecular weight is 666 g/mol. The van der Waals surface area contributed by atoms with Crippen molar-refractivity contribution >= 4 is 34.4 Å². The first-order valence-electron chi connectivity index (χ1n) is 17.4. The first kappa shape index (κ1) is 37.0. The average Bonchev–Trinajstić information content (AvgIpc) is 3.06. The number of amides is 3. The summed E-state index contributed by atoms with van der Waals surface area (Å²) in [6.45, 7) is 9.54. The number of fused-ring (bicyclic) bond motifs is 1. The van der Waals surface area contributed by atoms with E-state index >= 15 is 0 Å². The van der Waals surface area contributed by atoms with Crippen LogP contribution in [0.25, 0.3) is 10.8 Å². The molecule has 0 saturated heterocycles. The lowest BCUT2D eigenvalue weighted by atomic mass is 9.98. The maximum atomic E-state index is 14.8. The molecule has 8 heteroatoms. The summed E-state index contributed by atoms with van der Waals surface area (Å²) in [6, 6.07) is 26.0. The van der Waals surface area contributed by atoms with Gasteiger partial charge in [0.2, 0.25) is 5.91 Å². The molecule has 3 amide bonds. The SMILES string of the molecule is CCCCCCCCN(C(=O)C(Cc1ccccc1)NC(=O)OC(C)(C)C)C(C(=O)Nc1ccc2ccccc2c1)c1ccc(O)c(C)c1. The van der Waals surface area contributed by atoms with Crippen molar-refractivity contribution in [3.8, 4) is 5.75 Å². The Balaban J connectivity index is 1.75. The minimum atomic E-state index is -1.05. The van der Waals surface area contributed by atoms with Crippen molar-refractivity contribution in [3.05, 3.63) is 108 Å². The number of ether oxygens (including phenoxy) is 1. The van der Waals surface area contributed by atoms with E-state index in [1.165, 1.54) is 0 Å². The molecule has 0 fully saturated rings. The van der Waals surface area contributed by atoms with Crippen LogP contribution in [-0.4, -0.2) is 46.1 Å². The number of carbonyl (C=O) groups is 3. The van der Waals surface area contributed by atoms with E-state index in [1.807, 2.05) is 72.8 Å². The summed E-state index contributed by atoms with van der Waals surface area (Å²) < 4.78 is 5.58. The summed E-state index contributed by atoms with van der Waals surface area (Å²) in [5.41, 5.74) is 1.83. The third-order valence-electron chi connectivity index (χ3n) is 8.42. The molecule has 0 aromatic heterocycles. The van der Waals surface area contributed by atoms with Crippen LogP contribution in [0.5, 0.6) is 5.75 Å². The van der Waals surface area contributed by atoms with Crippen LogP contribution >= 0.6 is 0 Å². The standard InChI is InChI=1S/C41H51N3O5/c1-6-7-8-9-10-16-25-44(39(47)35(27-30-17-12-11-13-18-30)43-40(48)49-41(3,4)5)37(33-22-24-36(45)29(2)26-33)38(46)42-34-23-21-31-19-14-15-20-32(31)28-34/h11-15,17-24,26,28,35,37,45H,6-10,16,25,27H2,1-5H3,(H,42,46)(H,43,48). The first-order valence-corrected chi connectivity index (χ1v) is 17.4. The lowest BCUT2D eigenvalue weighted by Crippen LogP contribution is -2.53. The molecule has 0 spiro atoms. The van der Waals surface area contributed by atoms with Crippen molar-refractivity contribution in [1.82, 2.24) is 10.2 Å². The number of alkyl carbamates (subject to hydrolysis) is 1. The predicted molar refractivity (Wildman–Crippen MR) is 197 cm³/mol. The smallest absolute Gasteiger partial charge is 0.408 e. The number of nitrogens with one attached hydrogen (secondary N) is 2. The van der Waals surface area contributed by atoms with Crippen molar-refractivity contribution in [2.45, 2.75) is 97.2 Å². The molecule has 3 N–H and O–H groups in total. The number of carbonyl (C=O) groups excluding carboxylic acids is 3. The molecule has 0 aliphatic heterocycles. The van der Waals surface area contributed by atoms with Crippen molar-refractivity contribution in [3.63, 3.8) is 0 Å². The fourth-order valence-electron chi connectivity index (χ4n) is 5.93. The van der Waals surface area contributed by atoms with Gasteiger partial charge in [0.1, 0.15) is 23.4 Å². The zero-order valence-corrected chi connectivity index (χ0v) is 29.5. The van der Waals surface area contributed by atoms with Gasteiger partial charge in [-0.15, -0.1) is 0 Å². The van der Waals surface area contributed by atoms with Crippen LogP contribution in [-0.2, 0) is 20.7 Å². The number of hydrogen-bond donors (Lipinski definition) is 3. The second-order valence-corrected chi connectivity index (χ2v) is 13.7. The van der Waals surface area contributed by atoms with Gasteiger partial charge in [-0.3, -0.25) is 9.59 Å². The summed E-state index contributed by atoms with van der Waals surface area (Å²) in [5.74, 6) is -0.692. The quantitative estimate of drug-likeness (QED) is 0.110. The minimum absolute atomic E-state index is 0.0970. The van der Waals surface area contributed by atoms with Gasteiger partial charge >= 0.3 is 6.09 Å². The molecule has 4 aromatic carbocycles. The Morgan fingerprint density at radius 2 is 1.49 bits per heavy atom. The lowest BCUT2D eigenvalue weighted by Gasteiger charge is -2.35. The molecule has 260 valence electrons. The molecule has 0 aliphatic rings. The highest BCUT2D eigenvalue weighted by molar-refractivity contribution is 6.00. The number of aromatic hydroxyl groups is 1. The van der Waals surface area contributed by atoms with Crippen molar-refractivity contribution in [2.24, 2.45) is 0 Å². The molecule has 2 unspecified atom stereocenters. The number of anilines is 1. The molecule has 0 bridgehead atoms. The molecule has 0 radical (unpaired) electrons. The van der Waals surface area contributed by atoms with Crippen molar-refractivity contribution in [2.75, 3.05) is 11.9 Å². The van der Waals surface area contributed by atoms with Gasteiger partial charge in [-0.1, -0.05) is 106 Å². The Labute approximate surface area is 290 Å². The highest BCUT2D eigenvalue weighted by Crippen LogP contribution is 2.30. The van der Waals surface area contributed by atoms with Gasteiger partial charge in [-0.25, -0.2) is 4.79 Å². The zero-order valence-electron chi connectivity index (χ0n) is 29.5. The van der Waals surface area contributed by atoms with E-state index in [-0.39, 0.29) is 12.2 Å². The van der Waals surface area contributed by atoms with E-state index in [0.29, 0.717) is 29.8 Å². The highest BCUT2D eigenvalue weighted by atomic mass is 16.6. The van der Waals surface area contributed by atoms with E-state index in [4.69, 9.17) is 4.74 Å². The van der Waals surface area contributed by atoms with Gasteiger partial charge in [0.25, 0.3) is 5.91 Å². The van der Waals surface area contributed by atoms with Gasteiger partial charge in [-0.2, -0.15) is 0 Å². The number of phenolic OH excluding ortho intramolecular Hbond substituents is 1. The molecule has 8 nitrogen and oxygen atoms in total.